The minimum absolute atomic E-state index is 0.103. The number of nitrogens with one attached hydrogen (secondary N) is 1. The number of aromatic amines is 1. The van der Waals surface area contributed by atoms with Crippen molar-refractivity contribution in [2.24, 2.45) is 0 Å². The van der Waals surface area contributed by atoms with Gasteiger partial charge in [0, 0.05) is 0 Å². The number of ether oxygens (including phenoxy) is 1. The summed E-state index contributed by atoms with van der Waals surface area (Å²) in [4.78, 5) is 22.8. The summed E-state index contributed by atoms with van der Waals surface area (Å²) in [5, 5.41) is 29.0. The fourth-order valence-electron chi connectivity index (χ4n) is 2.48. The number of rotatable bonds is 3. The average Bonchev–Trinajstić information content (AvgIpc) is 3.03. The van der Waals surface area contributed by atoms with Crippen LogP contribution >= 0.6 is 0 Å². The highest BCUT2D eigenvalue weighted by molar-refractivity contribution is 5.70. The van der Waals surface area contributed by atoms with Crippen LogP contribution < -0.4 is 5.56 Å². The molecular weight excluding hydrogens is 292 g/mol. The predicted octanol–water partition coefficient (Wildman–Crippen LogP) is -1.24. The molecule has 0 aliphatic carbocycles. The summed E-state index contributed by atoms with van der Waals surface area (Å²) in [6.45, 7) is 1.35. The largest absolute Gasteiger partial charge is 0.394 e. The molecule has 0 aromatic carbocycles. The van der Waals surface area contributed by atoms with Gasteiger partial charge in [0.1, 0.15) is 24.1 Å². The van der Waals surface area contributed by atoms with Crippen molar-refractivity contribution in [3.05, 3.63) is 28.6 Å². The average molecular weight is 308 g/mol. The van der Waals surface area contributed by atoms with E-state index in [0.29, 0.717) is 5.82 Å². The summed E-state index contributed by atoms with van der Waals surface area (Å²) in [6, 6.07) is 0. The van der Waals surface area contributed by atoms with Crippen LogP contribution in [0.15, 0.2) is 17.2 Å². The van der Waals surface area contributed by atoms with Gasteiger partial charge in [-0.05, 0) is 13.0 Å². The zero-order valence-corrected chi connectivity index (χ0v) is 11.7. The lowest BCUT2D eigenvalue weighted by molar-refractivity contribution is -0.0511. The number of hydrogen-bond donors (Lipinski definition) is 4. The Morgan fingerprint density at radius 3 is 2.86 bits per heavy atom. The molecule has 9 nitrogen and oxygen atoms in total. The standard InChI is InChI=1S/C13H16N4O5/c1-2-3-7-15-11-8(12(21)16-7)14-5-17(11)13-10(20)9(19)6(4-18)22-13/h2-3,5-6,9-10,13,18-20H,4H2,1H3,(H,15,16,21)/b3-2+/t6-,9-,10-,13-/m1/s1. The molecule has 1 saturated heterocycles. The number of H-pyrrole nitrogens is 1. The second kappa shape index (κ2) is 5.61. The van der Waals surface area contributed by atoms with Gasteiger partial charge in [0.2, 0.25) is 0 Å². The molecule has 9 heteroatoms. The van der Waals surface area contributed by atoms with Crippen LogP contribution in [0.4, 0.5) is 0 Å². The van der Waals surface area contributed by atoms with E-state index in [2.05, 4.69) is 15.0 Å². The monoisotopic (exact) mass is 308 g/mol. The lowest BCUT2D eigenvalue weighted by atomic mass is 10.1. The maximum absolute atomic E-state index is 12.0. The van der Waals surface area contributed by atoms with Crippen LogP contribution in [0.5, 0.6) is 0 Å². The number of hydrogen-bond acceptors (Lipinski definition) is 7. The molecule has 118 valence electrons. The summed E-state index contributed by atoms with van der Waals surface area (Å²) in [5.41, 5.74) is -0.0822. The Hall–Kier alpha value is -2.07. The van der Waals surface area contributed by atoms with Gasteiger partial charge < -0.3 is 25.0 Å². The summed E-state index contributed by atoms with van der Waals surface area (Å²) in [6.07, 6.45) is 0.268. The molecule has 0 saturated carbocycles. The Balaban J connectivity index is 2.10. The first-order chi connectivity index (χ1) is 10.6. The molecule has 0 bridgehead atoms. The Morgan fingerprint density at radius 2 is 2.23 bits per heavy atom. The van der Waals surface area contributed by atoms with Crippen LogP contribution in [0, 0.1) is 0 Å². The molecule has 0 spiro atoms. The molecule has 4 N–H and O–H groups in total. The van der Waals surface area contributed by atoms with Crippen molar-refractivity contribution in [3.63, 3.8) is 0 Å². The Morgan fingerprint density at radius 1 is 1.45 bits per heavy atom. The highest BCUT2D eigenvalue weighted by atomic mass is 16.6. The number of aromatic nitrogens is 4. The number of aliphatic hydroxyl groups is 3. The third-order valence-corrected chi connectivity index (χ3v) is 3.57. The number of aliphatic hydroxyl groups excluding tert-OH is 3. The topological polar surface area (TPSA) is 133 Å². The first-order valence-corrected chi connectivity index (χ1v) is 6.78. The fourth-order valence-corrected chi connectivity index (χ4v) is 2.48. The van der Waals surface area contributed by atoms with Crippen molar-refractivity contribution >= 4 is 17.2 Å². The molecule has 1 aliphatic heterocycles. The van der Waals surface area contributed by atoms with Crippen molar-refractivity contribution in [1.82, 2.24) is 19.5 Å². The molecule has 2 aromatic heterocycles. The predicted molar refractivity (Wildman–Crippen MR) is 75.9 cm³/mol. The van der Waals surface area contributed by atoms with Crippen LogP contribution in [0.25, 0.3) is 17.2 Å². The van der Waals surface area contributed by atoms with E-state index < -0.39 is 36.7 Å². The smallest absolute Gasteiger partial charge is 0.279 e. The lowest BCUT2D eigenvalue weighted by Gasteiger charge is -2.16. The highest BCUT2D eigenvalue weighted by Gasteiger charge is 2.44. The van der Waals surface area contributed by atoms with Gasteiger partial charge in [-0.15, -0.1) is 0 Å². The minimum atomic E-state index is -1.26. The maximum atomic E-state index is 12.0. The normalized spacial score (nSPS) is 28.9. The van der Waals surface area contributed by atoms with Gasteiger partial charge in [0.15, 0.2) is 17.4 Å². The Labute approximate surface area is 124 Å². The summed E-state index contributed by atoms with van der Waals surface area (Å²) < 4.78 is 6.81. The SMILES string of the molecule is C/C=C/c1nc2c(ncn2[C@@H]2O[C@H](CO)[C@@H](O)[C@H]2O)c(=O)[nH]1. The third-order valence-electron chi connectivity index (χ3n) is 3.57. The van der Waals surface area contributed by atoms with Crippen LogP contribution in [-0.4, -0.2) is 59.8 Å². The van der Waals surface area contributed by atoms with E-state index in [1.54, 1.807) is 19.1 Å². The number of fused-ring (bicyclic) bond motifs is 1. The highest BCUT2D eigenvalue weighted by Crippen LogP contribution is 2.30. The Bertz CT molecular complexity index is 767. The molecule has 0 amide bonds. The van der Waals surface area contributed by atoms with Crippen LogP contribution in [0.3, 0.4) is 0 Å². The van der Waals surface area contributed by atoms with Gasteiger partial charge in [-0.25, -0.2) is 9.97 Å². The van der Waals surface area contributed by atoms with Gasteiger partial charge in [-0.1, -0.05) is 6.08 Å². The van der Waals surface area contributed by atoms with Gasteiger partial charge in [0.25, 0.3) is 5.56 Å². The number of allylic oxidation sites excluding steroid dienone is 1. The number of nitrogens with zero attached hydrogens (tertiary/aromatic N) is 3. The van der Waals surface area contributed by atoms with Gasteiger partial charge in [-0.3, -0.25) is 9.36 Å². The molecule has 1 aliphatic rings. The van der Waals surface area contributed by atoms with Gasteiger partial charge >= 0.3 is 0 Å². The minimum Gasteiger partial charge on any atom is -0.394 e. The van der Waals surface area contributed by atoms with Crippen molar-refractivity contribution in [3.8, 4) is 0 Å². The molecule has 1 fully saturated rings. The molecule has 4 atom stereocenters. The summed E-state index contributed by atoms with van der Waals surface area (Å²) in [5.74, 6) is 0.341. The van der Waals surface area contributed by atoms with E-state index >= 15 is 0 Å². The van der Waals surface area contributed by atoms with E-state index in [1.807, 2.05) is 0 Å². The van der Waals surface area contributed by atoms with Gasteiger partial charge in [0.05, 0.1) is 12.9 Å². The van der Waals surface area contributed by atoms with Crippen molar-refractivity contribution < 1.29 is 20.1 Å². The zero-order valence-electron chi connectivity index (χ0n) is 11.7. The molecule has 2 aromatic rings. The third kappa shape index (κ3) is 2.24. The second-order valence-electron chi connectivity index (χ2n) is 5.00. The van der Waals surface area contributed by atoms with E-state index in [9.17, 15) is 15.0 Å². The first kappa shape index (κ1) is 14.9. The van der Waals surface area contributed by atoms with Crippen LogP contribution in [0.1, 0.15) is 19.0 Å². The zero-order chi connectivity index (χ0) is 15.9. The fraction of sp³-hybridized carbons (Fsp3) is 0.462. The first-order valence-electron chi connectivity index (χ1n) is 6.78. The van der Waals surface area contributed by atoms with E-state index in [-0.39, 0.29) is 11.2 Å². The van der Waals surface area contributed by atoms with E-state index in [1.165, 1.54) is 10.9 Å². The number of imidazole rings is 1. The van der Waals surface area contributed by atoms with Crippen molar-refractivity contribution in [1.29, 1.82) is 0 Å². The van der Waals surface area contributed by atoms with Crippen LogP contribution in [-0.2, 0) is 4.74 Å². The van der Waals surface area contributed by atoms with E-state index in [0.717, 1.165) is 0 Å². The summed E-state index contributed by atoms with van der Waals surface area (Å²) >= 11 is 0. The quantitative estimate of drug-likeness (QED) is 0.557. The molecular formula is C13H16N4O5. The maximum Gasteiger partial charge on any atom is 0.279 e. The van der Waals surface area contributed by atoms with Crippen LogP contribution in [0.2, 0.25) is 0 Å². The molecule has 22 heavy (non-hydrogen) atoms. The Kier molecular flexibility index (Phi) is 3.79. The molecule has 3 rings (SSSR count). The molecule has 0 radical (unpaired) electrons. The van der Waals surface area contributed by atoms with Gasteiger partial charge in [-0.2, -0.15) is 0 Å². The van der Waals surface area contributed by atoms with Crippen molar-refractivity contribution in [2.75, 3.05) is 6.61 Å². The van der Waals surface area contributed by atoms with E-state index in [4.69, 9.17) is 9.84 Å². The van der Waals surface area contributed by atoms with Crippen molar-refractivity contribution in [2.45, 2.75) is 31.5 Å². The second-order valence-corrected chi connectivity index (χ2v) is 5.00. The molecule has 0 unspecified atom stereocenters. The molecule has 3 heterocycles. The lowest BCUT2D eigenvalue weighted by Crippen LogP contribution is -2.33. The summed E-state index contributed by atoms with van der Waals surface area (Å²) in [7, 11) is 0.